The van der Waals surface area contributed by atoms with E-state index in [1.807, 2.05) is 24.3 Å². The van der Waals surface area contributed by atoms with Crippen LogP contribution in [0.4, 0.5) is 11.8 Å². The van der Waals surface area contributed by atoms with Gasteiger partial charge in [0.2, 0.25) is 5.95 Å². The van der Waals surface area contributed by atoms with Gasteiger partial charge in [-0.05, 0) is 24.3 Å². The number of nitrogens with one attached hydrogen (secondary N) is 3. The minimum absolute atomic E-state index is 0.471. The topological polar surface area (TPSA) is 115 Å². The van der Waals surface area contributed by atoms with Crippen LogP contribution < -0.4 is 10.6 Å². The van der Waals surface area contributed by atoms with Gasteiger partial charge >= 0.3 is 0 Å². The molecule has 3 N–H and O–H groups in total. The Labute approximate surface area is 191 Å². The van der Waals surface area contributed by atoms with Crippen LogP contribution in [-0.2, 0) is 0 Å². The van der Waals surface area contributed by atoms with Gasteiger partial charge in [-0.3, -0.25) is 0 Å². The van der Waals surface area contributed by atoms with E-state index in [4.69, 9.17) is 21.8 Å². The van der Waals surface area contributed by atoms with Crippen molar-refractivity contribution < 1.29 is 0 Å². The zero-order valence-corrected chi connectivity index (χ0v) is 18.4. The third-order valence-electron chi connectivity index (χ3n) is 4.34. The second-order valence-electron chi connectivity index (χ2n) is 6.42. The van der Waals surface area contributed by atoms with Gasteiger partial charge in [0.05, 0.1) is 21.8 Å². The number of imidazole rings is 1. The van der Waals surface area contributed by atoms with Gasteiger partial charge in [0, 0.05) is 47.9 Å². The van der Waals surface area contributed by atoms with Crippen molar-refractivity contribution in [2.75, 3.05) is 23.7 Å². The van der Waals surface area contributed by atoms with Gasteiger partial charge in [0.25, 0.3) is 0 Å². The molecule has 0 fully saturated rings. The monoisotopic (exact) mass is 494 g/mol. The number of H-pyrrole nitrogens is 1. The first kappa shape index (κ1) is 20.8. The van der Waals surface area contributed by atoms with E-state index >= 15 is 0 Å². The molecule has 4 rings (SSSR count). The maximum absolute atomic E-state index is 8.83. The fourth-order valence-electron chi connectivity index (χ4n) is 2.87. The molecule has 0 saturated carbocycles. The molecule has 31 heavy (non-hydrogen) atoms. The van der Waals surface area contributed by atoms with E-state index in [1.165, 1.54) is 6.20 Å². The molecule has 154 valence electrons. The highest BCUT2D eigenvalue weighted by Gasteiger charge is 2.16. The van der Waals surface area contributed by atoms with E-state index in [0.717, 1.165) is 15.6 Å². The number of hydrogen-bond acceptors (Lipinski definition) is 7. The Hall–Kier alpha value is -3.48. The molecule has 1 aromatic carbocycles. The third-order valence-corrected chi connectivity index (χ3v) is 5.14. The lowest BCUT2D eigenvalue weighted by atomic mass is 10.1. The normalized spacial score (nSPS) is 10.5. The molecule has 0 atom stereocenters. The lowest BCUT2D eigenvalue weighted by Crippen LogP contribution is -2.16. The van der Waals surface area contributed by atoms with Gasteiger partial charge < -0.3 is 15.6 Å². The molecule has 0 spiro atoms. The summed E-state index contributed by atoms with van der Waals surface area (Å²) >= 11 is 9.92. The van der Waals surface area contributed by atoms with Gasteiger partial charge in [-0.15, -0.1) is 0 Å². The molecule has 10 heteroatoms. The maximum atomic E-state index is 8.83. The average molecular weight is 496 g/mol. The van der Waals surface area contributed by atoms with Crippen LogP contribution in [0.3, 0.4) is 0 Å². The largest absolute Gasteiger partial charge is 0.368 e. The van der Waals surface area contributed by atoms with Crippen LogP contribution in [0.5, 0.6) is 0 Å². The van der Waals surface area contributed by atoms with Crippen LogP contribution in [0.15, 0.2) is 59.6 Å². The summed E-state index contributed by atoms with van der Waals surface area (Å²) in [7, 11) is 0. The van der Waals surface area contributed by atoms with Crippen LogP contribution in [0.1, 0.15) is 5.56 Å². The summed E-state index contributed by atoms with van der Waals surface area (Å²) < 4.78 is 0.885. The van der Waals surface area contributed by atoms with E-state index in [9.17, 15) is 0 Å². The summed E-state index contributed by atoms with van der Waals surface area (Å²) in [5.41, 5.74) is 2.72. The minimum atomic E-state index is 0.471. The summed E-state index contributed by atoms with van der Waals surface area (Å²) in [6.07, 6.45) is 6.67. The molecular formula is C21H16BrClN8. The summed E-state index contributed by atoms with van der Waals surface area (Å²) in [5, 5.41) is 15.8. The average Bonchev–Trinajstić information content (AvgIpc) is 3.32. The molecule has 0 unspecified atom stereocenters. The van der Waals surface area contributed by atoms with Gasteiger partial charge in [-0.1, -0.05) is 33.6 Å². The van der Waals surface area contributed by atoms with Crippen molar-refractivity contribution in [3.8, 4) is 28.7 Å². The molecule has 0 aliphatic carbocycles. The highest BCUT2D eigenvalue weighted by molar-refractivity contribution is 9.10. The maximum Gasteiger partial charge on any atom is 0.223 e. The van der Waals surface area contributed by atoms with Crippen LogP contribution in [0, 0.1) is 11.3 Å². The molecule has 3 aromatic heterocycles. The Morgan fingerprint density at radius 2 is 1.90 bits per heavy atom. The number of aromatic nitrogens is 5. The fourth-order valence-corrected chi connectivity index (χ4v) is 3.63. The molecule has 3 heterocycles. The van der Waals surface area contributed by atoms with Gasteiger partial charge in [-0.25, -0.2) is 19.9 Å². The van der Waals surface area contributed by atoms with Crippen molar-refractivity contribution in [3.63, 3.8) is 0 Å². The molecule has 0 saturated heterocycles. The smallest absolute Gasteiger partial charge is 0.223 e. The Morgan fingerprint density at radius 1 is 1.03 bits per heavy atom. The number of aromatic amines is 1. The second kappa shape index (κ2) is 9.55. The first-order chi connectivity index (χ1) is 15.1. The van der Waals surface area contributed by atoms with Crippen LogP contribution >= 0.6 is 27.5 Å². The molecule has 0 bridgehead atoms. The summed E-state index contributed by atoms with van der Waals surface area (Å²) in [6, 6.07) is 11.2. The summed E-state index contributed by atoms with van der Waals surface area (Å²) in [4.78, 5) is 20.7. The Morgan fingerprint density at radius 3 is 2.61 bits per heavy atom. The molecule has 0 radical (unpaired) electrons. The Balaban J connectivity index is 1.51. The molecule has 0 amide bonds. The zero-order valence-electron chi connectivity index (χ0n) is 16.1. The van der Waals surface area contributed by atoms with Crippen molar-refractivity contribution in [2.24, 2.45) is 0 Å². The Bertz CT molecular complexity index is 1220. The molecule has 8 nitrogen and oxygen atoms in total. The van der Waals surface area contributed by atoms with Crippen molar-refractivity contribution in [1.29, 1.82) is 5.26 Å². The number of benzene rings is 1. The quantitative estimate of drug-likeness (QED) is 0.317. The van der Waals surface area contributed by atoms with Crippen LogP contribution in [0.2, 0.25) is 5.02 Å². The lowest BCUT2D eigenvalue weighted by Gasteiger charge is -2.12. The highest BCUT2D eigenvalue weighted by atomic mass is 79.9. The van der Waals surface area contributed by atoms with E-state index in [-0.39, 0.29) is 0 Å². The number of nitriles is 1. The first-order valence-corrected chi connectivity index (χ1v) is 10.5. The zero-order chi connectivity index (χ0) is 21.6. The Kier molecular flexibility index (Phi) is 6.40. The minimum Gasteiger partial charge on any atom is -0.368 e. The molecule has 0 aliphatic heterocycles. The van der Waals surface area contributed by atoms with Crippen molar-refractivity contribution in [3.05, 3.63) is 70.2 Å². The lowest BCUT2D eigenvalue weighted by molar-refractivity contribution is 1.02. The number of pyridine rings is 1. The summed E-state index contributed by atoms with van der Waals surface area (Å²) in [5.74, 6) is 1.82. The summed E-state index contributed by atoms with van der Waals surface area (Å²) in [6.45, 7) is 1.16. The predicted molar refractivity (Wildman–Crippen MR) is 124 cm³/mol. The number of anilines is 2. The van der Waals surface area contributed by atoms with E-state index in [1.54, 1.807) is 30.7 Å². The number of halogens is 2. The van der Waals surface area contributed by atoms with Crippen LogP contribution in [0.25, 0.3) is 22.6 Å². The third kappa shape index (κ3) is 4.99. The van der Waals surface area contributed by atoms with Gasteiger partial charge in [0.1, 0.15) is 17.7 Å². The van der Waals surface area contributed by atoms with E-state index in [2.05, 4.69) is 46.5 Å². The molecule has 4 aromatic rings. The molecule has 0 aliphatic rings. The van der Waals surface area contributed by atoms with E-state index in [0.29, 0.717) is 47.0 Å². The SMILES string of the molecule is N#Cc1ccc(NCCNc2ncc(-c3ncc[nH]3)c(-c3ccc(Br)cc3Cl)n2)nc1. The van der Waals surface area contributed by atoms with Crippen LogP contribution in [-0.4, -0.2) is 38.0 Å². The first-order valence-electron chi connectivity index (χ1n) is 9.30. The standard InChI is InChI=1S/C21H16BrClN8/c22-14-2-3-15(17(23)9-14)19-16(20-26-6-7-27-20)12-30-21(31-19)28-8-5-25-18-4-1-13(10-24)11-29-18/h1-4,6-7,9,11-12H,5,8H2,(H,25,29)(H,26,27)(H,28,30,31). The van der Waals surface area contributed by atoms with Crippen molar-refractivity contribution >= 4 is 39.3 Å². The van der Waals surface area contributed by atoms with Gasteiger partial charge in [-0.2, -0.15) is 5.26 Å². The molecular weight excluding hydrogens is 480 g/mol. The predicted octanol–water partition coefficient (Wildman–Crippen LogP) is 4.74. The van der Waals surface area contributed by atoms with Crippen molar-refractivity contribution in [2.45, 2.75) is 0 Å². The number of rotatable bonds is 7. The van der Waals surface area contributed by atoms with Crippen molar-refractivity contribution in [1.82, 2.24) is 24.9 Å². The van der Waals surface area contributed by atoms with Gasteiger partial charge in [0.15, 0.2) is 0 Å². The number of nitrogens with zero attached hydrogens (tertiary/aromatic N) is 5. The second-order valence-corrected chi connectivity index (χ2v) is 7.74. The number of hydrogen-bond donors (Lipinski definition) is 3. The fraction of sp³-hybridized carbons (Fsp3) is 0.0952. The van der Waals surface area contributed by atoms with E-state index < -0.39 is 0 Å². The highest BCUT2D eigenvalue weighted by Crippen LogP contribution is 2.35.